The van der Waals surface area contributed by atoms with E-state index in [1.54, 1.807) is 0 Å². The predicted octanol–water partition coefficient (Wildman–Crippen LogP) is 2.59. The second-order valence-electron chi connectivity index (χ2n) is 4.33. The largest absolute Gasteiger partial charge is 0.481 e. The Balaban J connectivity index is 2.17. The van der Waals surface area contributed by atoms with Crippen LogP contribution in [0.4, 0.5) is 0 Å². The van der Waals surface area contributed by atoms with Crippen molar-refractivity contribution in [3.63, 3.8) is 0 Å². The summed E-state index contributed by atoms with van der Waals surface area (Å²) in [5.41, 5.74) is 8.57. The highest BCUT2D eigenvalue weighted by Gasteiger charge is 2.18. The van der Waals surface area contributed by atoms with Crippen LogP contribution in [0.2, 0.25) is 0 Å². The first-order valence-corrected chi connectivity index (χ1v) is 6.89. The summed E-state index contributed by atoms with van der Waals surface area (Å²) in [5.74, 6) is 0.355. The molecule has 92 valence electrons. The Hall–Kier alpha value is -1.00. The number of benzene rings is 1. The molecule has 1 unspecified atom stereocenters. The molecule has 1 heterocycles. The van der Waals surface area contributed by atoms with Crippen LogP contribution in [0.1, 0.15) is 36.4 Å². The van der Waals surface area contributed by atoms with E-state index in [4.69, 9.17) is 10.8 Å². The van der Waals surface area contributed by atoms with Gasteiger partial charge in [-0.15, -0.1) is 11.8 Å². The van der Waals surface area contributed by atoms with Gasteiger partial charge in [0.25, 0.3) is 0 Å². The normalized spacial score (nSPS) is 16.3. The number of aryl methyl sites for hydroxylation is 1. The van der Waals surface area contributed by atoms with Gasteiger partial charge in [0.05, 0.1) is 0 Å². The van der Waals surface area contributed by atoms with Crippen LogP contribution in [-0.2, 0) is 11.2 Å². The maximum absolute atomic E-state index is 10.6. The van der Waals surface area contributed by atoms with Gasteiger partial charge >= 0.3 is 5.97 Å². The Bertz CT molecular complexity index is 420. The summed E-state index contributed by atoms with van der Waals surface area (Å²) in [6.45, 7) is 0. The average Bonchev–Trinajstić information content (AvgIpc) is 2.35. The summed E-state index contributed by atoms with van der Waals surface area (Å²) < 4.78 is 0. The quantitative estimate of drug-likeness (QED) is 0.863. The first-order valence-electron chi connectivity index (χ1n) is 5.90. The molecule has 17 heavy (non-hydrogen) atoms. The molecular formula is C13H17NO2S. The summed E-state index contributed by atoms with van der Waals surface area (Å²) in [5, 5.41) is 8.69. The van der Waals surface area contributed by atoms with E-state index in [2.05, 4.69) is 6.07 Å². The van der Waals surface area contributed by atoms with Crippen LogP contribution in [0.15, 0.2) is 23.1 Å². The highest BCUT2D eigenvalue weighted by atomic mass is 32.2. The van der Waals surface area contributed by atoms with E-state index in [0.29, 0.717) is 6.42 Å². The zero-order valence-corrected chi connectivity index (χ0v) is 10.5. The van der Waals surface area contributed by atoms with Crippen molar-refractivity contribution in [3.05, 3.63) is 29.3 Å². The summed E-state index contributed by atoms with van der Waals surface area (Å²) in [4.78, 5) is 11.9. The van der Waals surface area contributed by atoms with E-state index in [9.17, 15) is 4.79 Å². The molecule has 0 fully saturated rings. The van der Waals surface area contributed by atoms with Gasteiger partial charge in [0, 0.05) is 17.4 Å². The molecule has 1 aromatic carbocycles. The molecule has 1 aromatic rings. The number of nitrogens with two attached hydrogens (primary N) is 1. The molecule has 0 amide bonds. The van der Waals surface area contributed by atoms with Crippen LogP contribution in [0.25, 0.3) is 0 Å². The van der Waals surface area contributed by atoms with Crippen LogP contribution in [0.5, 0.6) is 0 Å². The molecule has 0 aliphatic carbocycles. The van der Waals surface area contributed by atoms with E-state index >= 15 is 0 Å². The minimum atomic E-state index is -0.780. The lowest BCUT2D eigenvalue weighted by atomic mass is 9.98. The first-order chi connectivity index (χ1) is 8.18. The molecule has 0 bridgehead atoms. The fourth-order valence-corrected chi connectivity index (χ4v) is 3.38. The van der Waals surface area contributed by atoms with Gasteiger partial charge in [-0.25, -0.2) is 0 Å². The van der Waals surface area contributed by atoms with Crippen LogP contribution in [-0.4, -0.2) is 16.8 Å². The number of fused-ring (bicyclic) bond motifs is 1. The molecule has 0 spiro atoms. The van der Waals surface area contributed by atoms with Crippen LogP contribution in [0.3, 0.4) is 0 Å². The van der Waals surface area contributed by atoms with Crippen molar-refractivity contribution in [1.29, 1.82) is 0 Å². The second kappa shape index (κ2) is 5.56. The Morgan fingerprint density at radius 1 is 1.53 bits per heavy atom. The highest BCUT2D eigenvalue weighted by Crippen LogP contribution is 2.36. The molecule has 3 nitrogen and oxygen atoms in total. The van der Waals surface area contributed by atoms with Crippen molar-refractivity contribution in [2.75, 3.05) is 5.75 Å². The topological polar surface area (TPSA) is 63.3 Å². The number of carbonyl (C=O) groups is 1. The highest BCUT2D eigenvalue weighted by molar-refractivity contribution is 7.99. The number of rotatable bonds is 4. The number of hydrogen-bond donors (Lipinski definition) is 2. The lowest BCUT2D eigenvalue weighted by Gasteiger charge is -2.22. The van der Waals surface area contributed by atoms with Crippen molar-refractivity contribution in [2.45, 2.75) is 36.6 Å². The van der Waals surface area contributed by atoms with Gasteiger partial charge in [-0.3, -0.25) is 4.79 Å². The monoisotopic (exact) mass is 251 g/mol. The smallest absolute Gasteiger partial charge is 0.303 e. The molecule has 0 saturated heterocycles. The lowest BCUT2D eigenvalue weighted by Crippen LogP contribution is -2.15. The molecule has 0 aromatic heterocycles. The predicted molar refractivity (Wildman–Crippen MR) is 69.3 cm³/mol. The van der Waals surface area contributed by atoms with Crippen molar-refractivity contribution in [1.82, 2.24) is 0 Å². The van der Waals surface area contributed by atoms with E-state index in [-0.39, 0.29) is 12.5 Å². The maximum atomic E-state index is 10.6. The Kier molecular flexibility index (Phi) is 4.07. The Morgan fingerprint density at radius 3 is 3.12 bits per heavy atom. The molecule has 4 heteroatoms. The van der Waals surface area contributed by atoms with E-state index in [1.165, 1.54) is 16.9 Å². The lowest BCUT2D eigenvalue weighted by molar-refractivity contribution is -0.137. The minimum absolute atomic E-state index is 0.134. The zero-order valence-electron chi connectivity index (χ0n) is 9.69. The molecule has 3 N–H and O–H groups in total. The fraction of sp³-hybridized carbons (Fsp3) is 0.462. The molecular weight excluding hydrogens is 234 g/mol. The van der Waals surface area contributed by atoms with Gasteiger partial charge in [-0.2, -0.15) is 0 Å². The number of aliphatic carboxylic acids is 1. The zero-order chi connectivity index (χ0) is 12.3. The summed E-state index contributed by atoms with van der Waals surface area (Å²) in [6.07, 6.45) is 2.97. The molecule has 1 atom stereocenters. The standard InChI is InChI=1S/C13H17NO2S/c14-11(6-7-12(15)16)10-5-1-3-9-4-2-8-17-13(9)10/h1,3,5,11H,2,4,6-8,14H2,(H,15,16). The molecule has 2 rings (SSSR count). The third-order valence-electron chi connectivity index (χ3n) is 3.03. The number of carboxylic acid groups (broad SMARTS) is 1. The summed E-state index contributed by atoms with van der Waals surface area (Å²) in [6, 6.07) is 6.05. The average molecular weight is 251 g/mol. The maximum Gasteiger partial charge on any atom is 0.303 e. The van der Waals surface area contributed by atoms with E-state index in [0.717, 1.165) is 17.7 Å². The number of thioether (sulfide) groups is 1. The van der Waals surface area contributed by atoms with Gasteiger partial charge in [0.2, 0.25) is 0 Å². The molecule has 0 saturated carbocycles. The Morgan fingerprint density at radius 2 is 2.35 bits per heavy atom. The van der Waals surface area contributed by atoms with Crippen LogP contribution < -0.4 is 5.73 Å². The minimum Gasteiger partial charge on any atom is -0.481 e. The van der Waals surface area contributed by atoms with E-state index in [1.807, 2.05) is 23.9 Å². The number of carboxylic acids is 1. The SMILES string of the molecule is NC(CCC(=O)O)c1cccc2c1SCCC2. The third kappa shape index (κ3) is 3.01. The van der Waals surface area contributed by atoms with Gasteiger partial charge in [-0.05, 0) is 36.1 Å². The summed E-state index contributed by atoms with van der Waals surface area (Å²) >= 11 is 1.85. The number of hydrogen-bond acceptors (Lipinski definition) is 3. The van der Waals surface area contributed by atoms with Crippen LogP contribution >= 0.6 is 11.8 Å². The van der Waals surface area contributed by atoms with Crippen molar-refractivity contribution in [2.24, 2.45) is 5.73 Å². The van der Waals surface area contributed by atoms with Crippen molar-refractivity contribution >= 4 is 17.7 Å². The van der Waals surface area contributed by atoms with Gasteiger partial charge in [0.1, 0.15) is 0 Å². The fourth-order valence-electron chi connectivity index (χ4n) is 2.14. The second-order valence-corrected chi connectivity index (χ2v) is 5.43. The molecule has 1 aliphatic rings. The summed E-state index contributed by atoms with van der Waals surface area (Å²) in [7, 11) is 0. The van der Waals surface area contributed by atoms with Crippen molar-refractivity contribution < 1.29 is 9.90 Å². The first kappa shape index (κ1) is 12.5. The van der Waals surface area contributed by atoms with Gasteiger partial charge in [0.15, 0.2) is 0 Å². The third-order valence-corrected chi connectivity index (χ3v) is 4.31. The van der Waals surface area contributed by atoms with E-state index < -0.39 is 5.97 Å². The molecule has 0 radical (unpaired) electrons. The van der Waals surface area contributed by atoms with Gasteiger partial charge in [-0.1, -0.05) is 18.2 Å². The molecule has 1 aliphatic heterocycles. The van der Waals surface area contributed by atoms with Crippen LogP contribution in [0, 0.1) is 0 Å². The van der Waals surface area contributed by atoms with Crippen molar-refractivity contribution in [3.8, 4) is 0 Å². The van der Waals surface area contributed by atoms with Gasteiger partial charge < -0.3 is 10.8 Å². The Labute approximate surface area is 105 Å².